The van der Waals surface area contributed by atoms with Gasteiger partial charge in [-0.05, 0) is 98.5 Å². The molecule has 0 amide bonds. The van der Waals surface area contributed by atoms with Gasteiger partial charge in [0.2, 0.25) is 0 Å². The summed E-state index contributed by atoms with van der Waals surface area (Å²) in [5.74, 6) is 0.120. The molecule has 0 saturated carbocycles. The minimum atomic E-state index is -0.522. The first-order valence-electron chi connectivity index (χ1n) is 17.0. The van der Waals surface area contributed by atoms with Crippen LogP contribution in [0, 0.1) is 0 Å². The second-order valence-electron chi connectivity index (χ2n) is 11.3. The van der Waals surface area contributed by atoms with Crippen molar-refractivity contribution in [2.45, 2.75) is 64.2 Å². The van der Waals surface area contributed by atoms with Gasteiger partial charge in [0.15, 0.2) is 0 Å². The highest BCUT2D eigenvalue weighted by Gasteiger charge is 2.12. The summed E-state index contributed by atoms with van der Waals surface area (Å²) < 4.78 is 32.4. The van der Waals surface area contributed by atoms with Gasteiger partial charge in [0, 0.05) is 12.2 Å². The third-order valence-corrected chi connectivity index (χ3v) is 7.36. The highest BCUT2D eigenvalue weighted by atomic mass is 16.5. The smallest absolute Gasteiger partial charge is 0.343 e. The Hall–Kier alpha value is -5.38. The van der Waals surface area contributed by atoms with E-state index in [1.165, 1.54) is 0 Å². The Kier molecular flexibility index (Phi) is 18.0. The number of esters is 4. The van der Waals surface area contributed by atoms with Crippen molar-refractivity contribution in [1.29, 1.82) is 0 Å². The summed E-state index contributed by atoms with van der Waals surface area (Å²) in [6.45, 7) is 8.68. The van der Waals surface area contributed by atoms with E-state index in [1.807, 2.05) is 0 Å². The molecule has 10 nitrogen and oxygen atoms in total. The summed E-state index contributed by atoms with van der Waals surface area (Å²) in [4.78, 5) is 47.3. The first-order valence-corrected chi connectivity index (χ1v) is 17.0. The van der Waals surface area contributed by atoms with Crippen molar-refractivity contribution in [3.8, 4) is 23.0 Å². The molecule has 50 heavy (non-hydrogen) atoms. The van der Waals surface area contributed by atoms with Crippen LogP contribution in [0.4, 0.5) is 0 Å². The number of hydrogen-bond donors (Lipinski definition) is 0. The lowest BCUT2D eigenvalue weighted by Gasteiger charge is -2.09. The van der Waals surface area contributed by atoms with Crippen LogP contribution in [0.25, 0.3) is 0 Å². The molecule has 3 rings (SSSR count). The van der Waals surface area contributed by atoms with Gasteiger partial charge in [0.25, 0.3) is 0 Å². The van der Waals surface area contributed by atoms with E-state index in [4.69, 9.17) is 28.4 Å². The summed E-state index contributed by atoms with van der Waals surface area (Å²) in [6, 6.07) is 19.7. The largest absolute Gasteiger partial charge is 0.494 e. The van der Waals surface area contributed by atoms with Gasteiger partial charge in [0.1, 0.15) is 23.0 Å². The fourth-order valence-corrected chi connectivity index (χ4v) is 4.59. The van der Waals surface area contributed by atoms with Gasteiger partial charge in [-0.2, -0.15) is 0 Å². The van der Waals surface area contributed by atoms with Gasteiger partial charge in [-0.25, -0.2) is 19.2 Å². The molecule has 0 aliphatic heterocycles. The molecule has 0 radical (unpaired) electrons. The van der Waals surface area contributed by atoms with Crippen LogP contribution >= 0.6 is 0 Å². The number of carbonyl (C=O) groups is 4. The van der Waals surface area contributed by atoms with E-state index >= 15 is 0 Å². The van der Waals surface area contributed by atoms with Crippen LogP contribution in [-0.4, -0.2) is 50.3 Å². The second kappa shape index (κ2) is 23.1. The molecular weight excluding hydrogens is 640 g/mol. The Morgan fingerprint density at radius 3 is 1.06 bits per heavy atom. The van der Waals surface area contributed by atoms with Crippen molar-refractivity contribution in [1.82, 2.24) is 0 Å². The highest BCUT2D eigenvalue weighted by Crippen LogP contribution is 2.22. The molecular formula is C40H46O10. The second-order valence-corrected chi connectivity index (χ2v) is 11.3. The van der Waals surface area contributed by atoms with E-state index in [1.54, 1.807) is 72.8 Å². The SMILES string of the molecule is C=CC(=O)OCCCCCCCOc1ccc(C(=O)Oc2ccc(OC(=O)c3ccc(OCCCCCCCOC(=O)C=C)cc3)cc2)cc1. The predicted octanol–water partition coefficient (Wildman–Crippen LogP) is 8.24. The van der Waals surface area contributed by atoms with Crippen LogP contribution in [0.2, 0.25) is 0 Å². The average Bonchev–Trinajstić information content (AvgIpc) is 3.14. The lowest BCUT2D eigenvalue weighted by molar-refractivity contribution is -0.138. The van der Waals surface area contributed by atoms with Crippen molar-refractivity contribution in [2.24, 2.45) is 0 Å². The molecule has 0 bridgehead atoms. The predicted molar refractivity (Wildman–Crippen MR) is 189 cm³/mol. The average molecular weight is 687 g/mol. The monoisotopic (exact) mass is 686 g/mol. The number of benzene rings is 3. The number of carbonyl (C=O) groups excluding carboxylic acids is 4. The van der Waals surface area contributed by atoms with Gasteiger partial charge in [-0.3, -0.25) is 0 Å². The quantitative estimate of drug-likeness (QED) is 0.0394. The standard InChI is InChI=1S/C40H46O10/c1-3-37(41)47-29-13-9-5-7-11-27-45-33-19-15-31(16-20-33)39(43)49-35-23-25-36(26-24-35)50-40(44)32-17-21-34(22-18-32)46-28-12-8-6-10-14-30-48-38(42)4-2/h3-4,15-26H,1-2,5-14,27-30H2. The molecule has 0 N–H and O–H groups in total. The molecule has 10 heteroatoms. The zero-order valence-electron chi connectivity index (χ0n) is 28.5. The number of rotatable bonds is 24. The molecule has 0 unspecified atom stereocenters. The molecule has 0 aliphatic carbocycles. The van der Waals surface area contributed by atoms with E-state index in [2.05, 4.69) is 13.2 Å². The van der Waals surface area contributed by atoms with Crippen LogP contribution < -0.4 is 18.9 Å². The van der Waals surface area contributed by atoms with Crippen molar-refractivity contribution >= 4 is 23.9 Å². The van der Waals surface area contributed by atoms with Crippen LogP contribution in [0.1, 0.15) is 84.9 Å². The highest BCUT2D eigenvalue weighted by molar-refractivity contribution is 5.92. The molecule has 0 spiro atoms. The normalized spacial score (nSPS) is 10.4. The lowest BCUT2D eigenvalue weighted by atomic mass is 10.1. The van der Waals surface area contributed by atoms with Crippen LogP contribution in [0.5, 0.6) is 23.0 Å². The first-order chi connectivity index (χ1) is 24.4. The fourth-order valence-electron chi connectivity index (χ4n) is 4.59. The minimum absolute atomic E-state index is 0.310. The van der Waals surface area contributed by atoms with Crippen molar-refractivity contribution < 1.29 is 47.6 Å². The third-order valence-electron chi connectivity index (χ3n) is 7.36. The van der Waals surface area contributed by atoms with Crippen LogP contribution in [-0.2, 0) is 19.1 Å². The van der Waals surface area contributed by atoms with Gasteiger partial charge in [0.05, 0.1) is 37.6 Å². The molecule has 3 aromatic carbocycles. The van der Waals surface area contributed by atoms with Gasteiger partial charge >= 0.3 is 23.9 Å². The molecule has 0 aromatic heterocycles. The Morgan fingerprint density at radius 1 is 0.420 bits per heavy atom. The Labute approximate surface area is 294 Å². The van der Waals surface area contributed by atoms with E-state index in [-0.39, 0.29) is 0 Å². The van der Waals surface area contributed by atoms with E-state index < -0.39 is 23.9 Å². The lowest BCUT2D eigenvalue weighted by Crippen LogP contribution is -2.09. The van der Waals surface area contributed by atoms with Crippen molar-refractivity contribution in [3.63, 3.8) is 0 Å². The van der Waals surface area contributed by atoms with Gasteiger partial charge in [-0.15, -0.1) is 0 Å². The molecule has 3 aromatic rings. The van der Waals surface area contributed by atoms with Gasteiger partial charge < -0.3 is 28.4 Å². The summed E-state index contributed by atoms with van der Waals surface area (Å²) in [5.41, 5.74) is 0.747. The number of ether oxygens (including phenoxy) is 6. The van der Waals surface area contributed by atoms with Crippen LogP contribution in [0.15, 0.2) is 98.1 Å². The zero-order valence-corrected chi connectivity index (χ0v) is 28.5. The maximum atomic E-state index is 12.6. The van der Waals surface area contributed by atoms with E-state index in [0.717, 1.165) is 76.4 Å². The Bertz CT molecular complexity index is 1380. The van der Waals surface area contributed by atoms with E-state index in [0.29, 0.717) is 60.6 Å². The molecule has 266 valence electrons. The molecule has 0 saturated heterocycles. The van der Waals surface area contributed by atoms with Crippen LogP contribution in [0.3, 0.4) is 0 Å². The molecule has 0 atom stereocenters. The molecule has 0 heterocycles. The minimum Gasteiger partial charge on any atom is -0.494 e. The maximum Gasteiger partial charge on any atom is 0.343 e. The topological polar surface area (TPSA) is 124 Å². The van der Waals surface area contributed by atoms with Crippen molar-refractivity contribution in [2.75, 3.05) is 26.4 Å². The summed E-state index contributed by atoms with van der Waals surface area (Å²) in [6.07, 6.45) is 11.8. The first kappa shape index (κ1) is 39.1. The number of hydrogen-bond acceptors (Lipinski definition) is 10. The van der Waals surface area contributed by atoms with Gasteiger partial charge in [-0.1, -0.05) is 51.7 Å². The molecule has 0 aliphatic rings. The summed E-state index contributed by atoms with van der Waals surface area (Å²) in [5, 5.41) is 0. The Morgan fingerprint density at radius 2 is 0.720 bits per heavy atom. The maximum absolute atomic E-state index is 12.6. The third kappa shape index (κ3) is 15.7. The zero-order chi connectivity index (χ0) is 35.8. The summed E-state index contributed by atoms with van der Waals surface area (Å²) >= 11 is 0. The van der Waals surface area contributed by atoms with Crippen molar-refractivity contribution in [3.05, 3.63) is 109 Å². The fraction of sp³-hybridized carbons (Fsp3) is 0.350. The number of unbranched alkanes of at least 4 members (excludes halogenated alkanes) is 8. The summed E-state index contributed by atoms with van der Waals surface area (Å²) in [7, 11) is 0. The molecule has 0 fully saturated rings. The Balaban J connectivity index is 1.29. The van der Waals surface area contributed by atoms with E-state index in [9.17, 15) is 19.2 Å².